The Morgan fingerprint density at radius 2 is 1.88 bits per heavy atom. The van der Waals surface area contributed by atoms with E-state index in [4.69, 9.17) is 5.73 Å². The minimum absolute atomic E-state index is 0.635. The average Bonchev–Trinajstić information content (AvgIpc) is 2.33. The quantitative estimate of drug-likeness (QED) is 0.823. The molecule has 1 aromatic heterocycles. The molecular formula is C11H10AsN3O. The zero-order chi connectivity index (χ0) is 11.4. The van der Waals surface area contributed by atoms with Gasteiger partial charge < -0.3 is 0 Å². The van der Waals surface area contributed by atoms with Crippen molar-refractivity contribution in [2.75, 3.05) is 11.1 Å². The summed E-state index contributed by atoms with van der Waals surface area (Å²) in [5, 5.41) is 3.12. The zero-order valence-corrected chi connectivity index (χ0v) is 10.3. The van der Waals surface area contributed by atoms with Crippen LogP contribution in [0.3, 0.4) is 0 Å². The fourth-order valence-electron chi connectivity index (χ4n) is 1.23. The van der Waals surface area contributed by atoms with Crippen molar-refractivity contribution in [3.63, 3.8) is 0 Å². The number of pyridine rings is 1. The Morgan fingerprint density at radius 3 is 2.44 bits per heavy atom. The molecule has 5 heteroatoms. The maximum atomic E-state index is 10.7. The van der Waals surface area contributed by atoms with E-state index in [0.29, 0.717) is 5.69 Å². The number of nitrogens with one attached hydrogen (secondary N) is 1. The van der Waals surface area contributed by atoms with Gasteiger partial charge in [-0.25, -0.2) is 0 Å². The summed E-state index contributed by atoms with van der Waals surface area (Å²) in [6.45, 7) is 0. The van der Waals surface area contributed by atoms with Crippen LogP contribution in [0, 0.1) is 0 Å². The summed E-state index contributed by atoms with van der Waals surface area (Å²) in [5.41, 5.74) is 7.08. The number of aromatic nitrogens is 1. The fourth-order valence-corrected chi connectivity index (χ4v) is 1.80. The van der Waals surface area contributed by atoms with E-state index in [1.54, 1.807) is 12.3 Å². The third-order valence-corrected chi connectivity index (χ3v) is 3.10. The second-order valence-electron chi connectivity index (χ2n) is 3.24. The number of hydrogen-bond donors (Lipinski definition) is 2. The van der Waals surface area contributed by atoms with Gasteiger partial charge in [0.25, 0.3) is 0 Å². The number of anilines is 3. The second-order valence-corrected chi connectivity index (χ2v) is 4.71. The molecule has 0 aliphatic rings. The summed E-state index contributed by atoms with van der Waals surface area (Å²) in [5.74, 6) is 0.734. The third-order valence-electron chi connectivity index (χ3n) is 2.03. The van der Waals surface area contributed by atoms with Crippen molar-refractivity contribution >= 4 is 37.2 Å². The van der Waals surface area contributed by atoms with Crippen LogP contribution < -0.4 is 15.4 Å². The molecule has 80 valence electrons. The molecule has 0 amide bonds. The van der Waals surface area contributed by atoms with Crippen LogP contribution in [0.5, 0.6) is 0 Å². The molecule has 0 bridgehead atoms. The van der Waals surface area contributed by atoms with Gasteiger partial charge in [-0.05, 0) is 0 Å². The third kappa shape index (κ3) is 2.67. The van der Waals surface area contributed by atoms with Gasteiger partial charge in [0, 0.05) is 0 Å². The molecule has 1 heterocycles. The summed E-state index contributed by atoms with van der Waals surface area (Å²) in [6.07, 6.45) is 1.60. The Morgan fingerprint density at radius 1 is 1.12 bits per heavy atom. The van der Waals surface area contributed by atoms with Gasteiger partial charge in [0.1, 0.15) is 0 Å². The van der Waals surface area contributed by atoms with Gasteiger partial charge in [-0.1, -0.05) is 0 Å². The van der Waals surface area contributed by atoms with E-state index in [1.165, 1.54) is 0 Å². The molecule has 16 heavy (non-hydrogen) atoms. The molecule has 1 aromatic carbocycles. The van der Waals surface area contributed by atoms with Crippen molar-refractivity contribution in [3.05, 3.63) is 42.6 Å². The van der Waals surface area contributed by atoms with Gasteiger partial charge in [-0.2, -0.15) is 0 Å². The normalized spacial score (nSPS) is 10.2. The predicted molar refractivity (Wildman–Crippen MR) is 64.4 cm³/mol. The van der Waals surface area contributed by atoms with E-state index < -0.39 is 15.7 Å². The van der Waals surface area contributed by atoms with Crippen molar-refractivity contribution in [2.24, 2.45) is 0 Å². The van der Waals surface area contributed by atoms with E-state index in [0.717, 1.165) is 15.9 Å². The van der Waals surface area contributed by atoms with E-state index >= 15 is 0 Å². The van der Waals surface area contributed by atoms with E-state index in [-0.39, 0.29) is 0 Å². The van der Waals surface area contributed by atoms with Crippen molar-refractivity contribution in [3.8, 4) is 0 Å². The Bertz CT molecular complexity index is 482. The van der Waals surface area contributed by atoms with E-state index in [9.17, 15) is 3.74 Å². The predicted octanol–water partition coefficient (Wildman–Crippen LogP) is 1.08. The van der Waals surface area contributed by atoms with Gasteiger partial charge in [0.05, 0.1) is 0 Å². The van der Waals surface area contributed by atoms with Crippen LogP contribution in [0.2, 0.25) is 0 Å². The maximum absolute atomic E-state index is 10.7. The molecule has 0 aliphatic carbocycles. The van der Waals surface area contributed by atoms with Gasteiger partial charge in [0.2, 0.25) is 0 Å². The molecule has 0 fully saturated rings. The molecule has 0 saturated carbocycles. The topological polar surface area (TPSA) is 68.0 Å². The molecule has 0 saturated heterocycles. The Labute approximate surface area is 99.8 Å². The monoisotopic (exact) mass is 275 g/mol. The second kappa shape index (κ2) is 4.90. The van der Waals surface area contributed by atoms with Gasteiger partial charge >= 0.3 is 99.6 Å². The summed E-state index contributed by atoms with van der Waals surface area (Å²) >= 11 is -0.948. The fraction of sp³-hybridized carbons (Fsp3) is 0. The van der Waals surface area contributed by atoms with Crippen LogP contribution in [-0.2, 0) is 3.74 Å². The molecule has 0 unspecified atom stereocenters. The summed E-state index contributed by atoms with van der Waals surface area (Å²) in [4.78, 5) is 4.12. The van der Waals surface area contributed by atoms with Crippen LogP contribution >= 0.6 is 0 Å². The summed E-state index contributed by atoms with van der Waals surface area (Å²) < 4.78 is 11.6. The first-order valence-electron chi connectivity index (χ1n) is 4.70. The molecular weight excluding hydrogens is 265 g/mol. The number of nitrogens with zero attached hydrogens (tertiary/aromatic N) is 1. The molecule has 0 atom stereocenters. The number of benzene rings is 1. The van der Waals surface area contributed by atoms with Crippen LogP contribution in [0.1, 0.15) is 0 Å². The van der Waals surface area contributed by atoms with Crippen LogP contribution in [0.15, 0.2) is 42.6 Å². The van der Waals surface area contributed by atoms with Gasteiger partial charge in [0.15, 0.2) is 0 Å². The number of rotatable bonds is 3. The van der Waals surface area contributed by atoms with E-state index in [2.05, 4.69) is 10.3 Å². The SMILES string of the molecule is Nc1ccc(Nc2ccc([As]=O)cc2)nc1. The summed E-state index contributed by atoms with van der Waals surface area (Å²) in [6, 6.07) is 11.0. The molecule has 2 aromatic rings. The van der Waals surface area contributed by atoms with Crippen LogP contribution in [-0.4, -0.2) is 20.7 Å². The zero-order valence-electron chi connectivity index (χ0n) is 8.42. The number of nitrogen functional groups attached to an aromatic ring is 1. The molecule has 2 rings (SSSR count). The first-order valence-corrected chi connectivity index (χ1v) is 6.40. The summed E-state index contributed by atoms with van der Waals surface area (Å²) in [7, 11) is 0. The van der Waals surface area contributed by atoms with E-state index in [1.807, 2.05) is 30.3 Å². The first kappa shape index (κ1) is 10.8. The average molecular weight is 275 g/mol. The standard InChI is InChI=1S/C11H10AsN3O/c13-9-3-6-11(14-7-9)15-10-4-1-8(12-16)2-5-10/h1-7H,13H2,(H,14,15). The number of hydrogen-bond acceptors (Lipinski definition) is 4. The van der Waals surface area contributed by atoms with Crippen LogP contribution in [0.25, 0.3) is 0 Å². The minimum atomic E-state index is -0.948. The van der Waals surface area contributed by atoms with Crippen LogP contribution in [0.4, 0.5) is 17.2 Å². The molecule has 0 aliphatic heterocycles. The van der Waals surface area contributed by atoms with Crippen molar-refractivity contribution in [1.82, 2.24) is 4.98 Å². The first-order chi connectivity index (χ1) is 7.78. The molecule has 4 nitrogen and oxygen atoms in total. The Hall–Kier alpha value is -1.67. The van der Waals surface area contributed by atoms with Crippen molar-refractivity contribution < 1.29 is 3.74 Å². The van der Waals surface area contributed by atoms with Crippen molar-refractivity contribution in [2.45, 2.75) is 0 Å². The molecule has 3 N–H and O–H groups in total. The molecule has 0 spiro atoms. The Kier molecular flexibility index (Phi) is 3.32. The van der Waals surface area contributed by atoms with Gasteiger partial charge in [-0.3, -0.25) is 0 Å². The Balaban J connectivity index is 2.14. The van der Waals surface area contributed by atoms with Gasteiger partial charge in [-0.15, -0.1) is 0 Å². The number of nitrogens with two attached hydrogens (primary N) is 1. The van der Waals surface area contributed by atoms with Crippen molar-refractivity contribution in [1.29, 1.82) is 0 Å². The molecule has 0 radical (unpaired) electrons.